The van der Waals surface area contributed by atoms with Gasteiger partial charge in [-0.05, 0) is 24.0 Å². The fourth-order valence-electron chi connectivity index (χ4n) is 3.93. The van der Waals surface area contributed by atoms with Gasteiger partial charge in [-0.25, -0.2) is 4.98 Å². The number of benzene rings is 1. The van der Waals surface area contributed by atoms with Crippen LogP contribution >= 0.6 is 0 Å². The molecule has 0 spiro atoms. The molecule has 2 aliphatic rings. The third-order valence-corrected chi connectivity index (χ3v) is 5.33. The molecule has 0 radical (unpaired) electrons. The zero-order valence-corrected chi connectivity index (χ0v) is 15.3. The summed E-state index contributed by atoms with van der Waals surface area (Å²) >= 11 is 0. The Morgan fingerprint density at radius 3 is 2.82 bits per heavy atom. The predicted octanol–water partition coefficient (Wildman–Crippen LogP) is 2.60. The molecular weight excluding hydrogens is 373 g/mol. The molecule has 3 atom stereocenters. The van der Waals surface area contributed by atoms with Crippen molar-refractivity contribution in [3.8, 4) is 5.75 Å². The summed E-state index contributed by atoms with van der Waals surface area (Å²) in [5, 5.41) is 3.28. The molecular formula is C19H21F3N4O2. The lowest BCUT2D eigenvalue weighted by molar-refractivity contribution is -0.274. The Hall–Kier alpha value is -2.55. The zero-order valence-electron chi connectivity index (χ0n) is 15.3. The highest BCUT2D eigenvalue weighted by Gasteiger charge is 2.49. The summed E-state index contributed by atoms with van der Waals surface area (Å²) in [7, 11) is 1.88. The molecule has 1 saturated carbocycles. The van der Waals surface area contributed by atoms with Crippen LogP contribution in [-0.4, -0.2) is 46.4 Å². The largest absolute Gasteiger partial charge is 0.573 e. The molecule has 2 fully saturated rings. The van der Waals surface area contributed by atoms with E-state index in [4.69, 9.17) is 0 Å². The second kappa shape index (κ2) is 7.12. The summed E-state index contributed by atoms with van der Waals surface area (Å²) in [6.45, 7) is 1.82. The summed E-state index contributed by atoms with van der Waals surface area (Å²) in [5.74, 6) is -0.0714. The lowest BCUT2D eigenvalue weighted by atomic mass is 10.1. The monoisotopic (exact) mass is 394 g/mol. The molecule has 1 amide bonds. The number of piperazine rings is 1. The zero-order chi connectivity index (χ0) is 19.9. The van der Waals surface area contributed by atoms with Crippen LogP contribution in [0.15, 0.2) is 36.7 Å². The van der Waals surface area contributed by atoms with E-state index >= 15 is 0 Å². The van der Waals surface area contributed by atoms with Gasteiger partial charge in [0.1, 0.15) is 17.6 Å². The fourth-order valence-corrected chi connectivity index (χ4v) is 3.93. The second-order valence-corrected chi connectivity index (χ2v) is 7.18. The van der Waals surface area contributed by atoms with Crippen molar-refractivity contribution in [2.45, 2.75) is 24.7 Å². The number of alkyl halides is 3. The van der Waals surface area contributed by atoms with Crippen molar-refractivity contribution in [3.63, 3.8) is 0 Å². The first-order valence-electron chi connectivity index (χ1n) is 9.18. The molecule has 3 unspecified atom stereocenters. The number of carbonyl (C=O) groups is 1. The van der Waals surface area contributed by atoms with Gasteiger partial charge in [0.05, 0.1) is 0 Å². The fraction of sp³-hybridized carbons (Fsp3) is 0.474. The molecule has 9 heteroatoms. The molecule has 150 valence electrons. The van der Waals surface area contributed by atoms with Crippen LogP contribution in [0.25, 0.3) is 0 Å². The normalized spacial score (nSPS) is 24.9. The summed E-state index contributed by atoms with van der Waals surface area (Å²) < 4.78 is 44.1. The van der Waals surface area contributed by atoms with E-state index in [1.807, 2.05) is 17.8 Å². The number of nitrogens with one attached hydrogen (secondary N) is 1. The number of hydrogen-bond donors (Lipinski definition) is 1. The van der Waals surface area contributed by atoms with Crippen molar-refractivity contribution < 1.29 is 22.7 Å². The third-order valence-electron chi connectivity index (χ3n) is 5.33. The van der Waals surface area contributed by atoms with Gasteiger partial charge in [0.2, 0.25) is 5.91 Å². The van der Waals surface area contributed by atoms with Gasteiger partial charge >= 0.3 is 6.36 Å². The maximum atomic E-state index is 13.2. The number of hydrogen-bond acceptors (Lipinski definition) is 4. The maximum absolute atomic E-state index is 13.2. The van der Waals surface area contributed by atoms with Crippen molar-refractivity contribution >= 4 is 5.91 Å². The van der Waals surface area contributed by atoms with Crippen LogP contribution in [0.2, 0.25) is 0 Å². The molecule has 2 aromatic rings. The van der Waals surface area contributed by atoms with Crippen LogP contribution in [0.5, 0.6) is 5.75 Å². The first kappa shape index (κ1) is 18.8. The summed E-state index contributed by atoms with van der Waals surface area (Å²) in [6.07, 6.45) is -0.713. The minimum atomic E-state index is -4.76. The number of ether oxygens (including phenoxy) is 1. The van der Waals surface area contributed by atoms with E-state index in [0.717, 1.165) is 5.82 Å². The van der Waals surface area contributed by atoms with Crippen molar-refractivity contribution in [3.05, 3.63) is 48.0 Å². The number of carbonyl (C=O) groups excluding carboxylic acids is 1. The van der Waals surface area contributed by atoms with Crippen LogP contribution in [0, 0.1) is 5.92 Å². The van der Waals surface area contributed by atoms with Crippen LogP contribution in [-0.2, 0) is 11.8 Å². The molecule has 1 saturated heterocycles. The number of halogens is 3. The number of imidazole rings is 1. The Morgan fingerprint density at radius 2 is 2.11 bits per heavy atom. The van der Waals surface area contributed by atoms with Crippen LogP contribution in [0.3, 0.4) is 0 Å². The molecule has 28 heavy (non-hydrogen) atoms. The summed E-state index contributed by atoms with van der Waals surface area (Å²) in [4.78, 5) is 19.3. The minimum Gasteiger partial charge on any atom is -0.405 e. The van der Waals surface area contributed by atoms with Gasteiger partial charge in [-0.2, -0.15) is 0 Å². The van der Waals surface area contributed by atoms with Gasteiger partial charge in [-0.3, -0.25) is 4.79 Å². The van der Waals surface area contributed by atoms with E-state index in [9.17, 15) is 18.0 Å². The first-order chi connectivity index (χ1) is 13.3. The molecule has 1 aromatic heterocycles. The van der Waals surface area contributed by atoms with Crippen LogP contribution in [0.1, 0.15) is 29.8 Å². The molecule has 2 heterocycles. The Labute approximate surface area is 160 Å². The highest BCUT2D eigenvalue weighted by Crippen LogP contribution is 2.52. The van der Waals surface area contributed by atoms with Crippen molar-refractivity contribution in [1.29, 1.82) is 0 Å². The molecule has 1 aliphatic carbocycles. The average molecular weight is 394 g/mol. The molecule has 4 rings (SSSR count). The predicted molar refractivity (Wildman–Crippen MR) is 94.5 cm³/mol. The Balaban J connectivity index is 1.52. The highest BCUT2D eigenvalue weighted by atomic mass is 19.4. The van der Waals surface area contributed by atoms with E-state index < -0.39 is 6.36 Å². The van der Waals surface area contributed by atoms with Crippen molar-refractivity contribution in [2.75, 3.05) is 19.6 Å². The van der Waals surface area contributed by atoms with Crippen molar-refractivity contribution in [2.24, 2.45) is 13.0 Å². The van der Waals surface area contributed by atoms with Gasteiger partial charge in [0.25, 0.3) is 0 Å². The van der Waals surface area contributed by atoms with E-state index in [1.54, 1.807) is 23.2 Å². The Kier molecular flexibility index (Phi) is 4.78. The number of aryl methyl sites for hydroxylation is 1. The highest BCUT2D eigenvalue weighted by molar-refractivity contribution is 5.83. The van der Waals surface area contributed by atoms with E-state index in [-0.39, 0.29) is 29.5 Å². The topological polar surface area (TPSA) is 59.4 Å². The molecule has 0 bridgehead atoms. The van der Waals surface area contributed by atoms with E-state index in [2.05, 4.69) is 15.0 Å². The van der Waals surface area contributed by atoms with Crippen molar-refractivity contribution in [1.82, 2.24) is 19.8 Å². The van der Waals surface area contributed by atoms with Gasteiger partial charge < -0.3 is 19.5 Å². The number of nitrogens with zero attached hydrogens (tertiary/aromatic N) is 3. The quantitative estimate of drug-likeness (QED) is 0.866. The van der Waals surface area contributed by atoms with Gasteiger partial charge in [0.15, 0.2) is 0 Å². The number of rotatable bonds is 4. The second-order valence-electron chi connectivity index (χ2n) is 7.18. The number of para-hydroxylation sites is 1. The Morgan fingerprint density at radius 1 is 1.32 bits per heavy atom. The van der Waals surface area contributed by atoms with E-state index in [0.29, 0.717) is 31.6 Å². The Bertz CT molecular complexity index is 867. The molecule has 6 nitrogen and oxygen atoms in total. The summed E-state index contributed by atoms with van der Waals surface area (Å²) in [5.41, 5.74) is 0.432. The average Bonchev–Trinajstić information content (AvgIpc) is 3.33. The molecule has 1 N–H and O–H groups in total. The molecule has 1 aliphatic heterocycles. The maximum Gasteiger partial charge on any atom is 0.573 e. The van der Waals surface area contributed by atoms with Gasteiger partial charge in [-0.1, -0.05) is 18.2 Å². The SMILES string of the molecule is Cn1ccnc1C1CNCCN1C(=O)C1CC1c1ccccc1OC(F)(F)F. The standard InChI is InChI=1S/C19H21F3N4O2/c1-25-8-7-24-17(25)15-11-23-6-9-26(15)18(27)14-10-13(14)12-4-2-3-5-16(12)28-19(20,21)22/h2-5,7-8,13-15,23H,6,9-11H2,1H3. The van der Waals surface area contributed by atoms with Crippen LogP contribution in [0.4, 0.5) is 13.2 Å². The van der Waals surface area contributed by atoms with E-state index in [1.165, 1.54) is 12.1 Å². The smallest absolute Gasteiger partial charge is 0.405 e. The lowest BCUT2D eigenvalue weighted by Gasteiger charge is -2.36. The summed E-state index contributed by atoms with van der Waals surface area (Å²) in [6, 6.07) is 5.87. The lowest BCUT2D eigenvalue weighted by Crippen LogP contribution is -2.50. The van der Waals surface area contributed by atoms with Gasteiger partial charge in [0, 0.05) is 45.0 Å². The van der Waals surface area contributed by atoms with Crippen LogP contribution < -0.4 is 10.1 Å². The third kappa shape index (κ3) is 3.71. The number of amides is 1. The first-order valence-corrected chi connectivity index (χ1v) is 9.18. The van der Waals surface area contributed by atoms with Gasteiger partial charge in [-0.15, -0.1) is 13.2 Å². The molecule has 1 aromatic carbocycles. The minimum absolute atomic E-state index is 0.0405. The number of aromatic nitrogens is 2.